The molecule has 0 aliphatic carbocycles. The molecule has 0 radical (unpaired) electrons. The summed E-state index contributed by atoms with van der Waals surface area (Å²) in [7, 11) is 0. The topological polar surface area (TPSA) is 49.0 Å². The third kappa shape index (κ3) is 4.87. The third-order valence-corrected chi connectivity index (χ3v) is 4.88. The summed E-state index contributed by atoms with van der Waals surface area (Å²) in [4.78, 5) is 14.3. The fourth-order valence-electron chi connectivity index (χ4n) is 3.42. The van der Waals surface area contributed by atoms with Crippen LogP contribution in [0.3, 0.4) is 0 Å². The van der Waals surface area contributed by atoms with Crippen LogP contribution in [0.1, 0.15) is 36.8 Å². The number of benzene rings is 1. The molecule has 1 aromatic heterocycles. The molecule has 0 spiro atoms. The molecule has 2 heterocycles. The number of nitrogens with zero attached hydrogens (tertiary/aromatic N) is 2. The lowest BCUT2D eigenvalue weighted by Gasteiger charge is -2.33. The fraction of sp³-hybridized carbons (Fsp3) is 0.474. The summed E-state index contributed by atoms with van der Waals surface area (Å²) in [5.41, 5.74) is 1.85. The molecule has 0 saturated carbocycles. The largest absolute Gasteiger partial charge is 0.342 e. The molecule has 1 aromatic carbocycles. The number of aromatic nitrogens is 2. The van der Waals surface area contributed by atoms with Crippen molar-refractivity contribution in [1.82, 2.24) is 15.1 Å². The number of H-pyrrole nitrogens is 1. The van der Waals surface area contributed by atoms with Crippen molar-refractivity contribution in [3.05, 3.63) is 53.4 Å². The van der Waals surface area contributed by atoms with Crippen LogP contribution in [0.2, 0.25) is 0 Å². The van der Waals surface area contributed by atoms with Crippen molar-refractivity contribution in [2.75, 3.05) is 13.1 Å². The van der Waals surface area contributed by atoms with Crippen molar-refractivity contribution in [3.63, 3.8) is 0 Å². The van der Waals surface area contributed by atoms with Crippen LogP contribution in [0.5, 0.6) is 0 Å². The van der Waals surface area contributed by atoms with E-state index in [0.29, 0.717) is 25.2 Å². The predicted octanol–water partition coefficient (Wildman–Crippen LogP) is 3.49. The minimum atomic E-state index is -0.809. The van der Waals surface area contributed by atoms with Crippen molar-refractivity contribution in [1.29, 1.82) is 0 Å². The molecular formula is C19H23F2N3O. The number of carbonyl (C=O) groups excluding carboxylic acids is 1. The van der Waals surface area contributed by atoms with Crippen LogP contribution in [-0.2, 0) is 17.6 Å². The lowest BCUT2D eigenvalue weighted by Crippen LogP contribution is -2.40. The molecule has 4 nitrogen and oxygen atoms in total. The smallest absolute Gasteiger partial charge is 0.222 e. The van der Waals surface area contributed by atoms with E-state index in [9.17, 15) is 13.6 Å². The second-order valence-electron chi connectivity index (χ2n) is 6.74. The van der Waals surface area contributed by atoms with Crippen LogP contribution >= 0.6 is 0 Å². The number of likely N-dealkylation sites (tertiary alicyclic amines) is 1. The number of aromatic amines is 1. The number of piperidine rings is 1. The Labute approximate surface area is 146 Å². The normalized spacial score (nSPS) is 17.7. The molecule has 1 amide bonds. The van der Waals surface area contributed by atoms with Crippen molar-refractivity contribution in [2.24, 2.45) is 5.92 Å². The van der Waals surface area contributed by atoms with Crippen LogP contribution in [0, 0.1) is 17.6 Å². The van der Waals surface area contributed by atoms with Crippen LogP contribution in [0.4, 0.5) is 8.78 Å². The van der Waals surface area contributed by atoms with Gasteiger partial charge in [0, 0.05) is 25.7 Å². The van der Waals surface area contributed by atoms with Crippen molar-refractivity contribution >= 4 is 5.91 Å². The van der Waals surface area contributed by atoms with Gasteiger partial charge in [0.05, 0.1) is 6.20 Å². The monoisotopic (exact) mass is 347 g/mol. The molecule has 0 unspecified atom stereocenters. The van der Waals surface area contributed by atoms with Gasteiger partial charge in [0.25, 0.3) is 0 Å². The zero-order valence-electron chi connectivity index (χ0n) is 14.2. The van der Waals surface area contributed by atoms with Crippen LogP contribution < -0.4 is 0 Å². The molecule has 3 rings (SSSR count). The lowest BCUT2D eigenvalue weighted by molar-refractivity contribution is -0.133. The minimum Gasteiger partial charge on any atom is -0.342 e. The molecule has 1 saturated heterocycles. The first-order valence-electron chi connectivity index (χ1n) is 8.81. The Bertz CT molecular complexity index is 703. The molecular weight excluding hydrogens is 324 g/mol. The molecule has 0 bridgehead atoms. The Morgan fingerprint density at radius 3 is 2.88 bits per heavy atom. The molecule has 6 heteroatoms. The number of carbonyl (C=O) groups is 1. The highest BCUT2D eigenvalue weighted by molar-refractivity contribution is 5.76. The van der Waals surface area contributed by atoms with E-state index in [2.05, 4.69) is 10.2 Å². The van der Waals surface area contributed by atoms with Gasteiger partial charge in [-0.05, 0) is 61.3 Å². The average molecular weight is 347 g/mol. The highest BCUT2D eigenvalue weighted by Crippen LogP contribution is 2.23. The zero-order valence-corrected chi connectivity index (χ0v) is 14.2. The van der Waals surface area contributed by atoms with Gasteiger partial charge in [0.15, 0.2) is 11.6 Å². The van der Waals surface area contributed by atoms with Gasteiger partial charge >= 0.3 is 0 Å². The minimum absolute atomic E-state index is 0.179. The molecule has 134 valence electrons. The number of hydrogen-bond acceptors (Lipinski definition) is 2. The fourth-order valence-corrected chi connectivity index (χ4v) is 3.42. The molecule has 25 heavy (non-hydrogen) atoms. The predicted molar refractivity (Wildman–Crippen MR) is 90.9 cm³/mol. The maximum atomic E-state index is 13.3. The van der Waals surface area contributed by atoms with E-state index in [1.807, 2.05) is 11.1 Å². The molecule has 1 N–H and O–H groups in total. The second-order valence-corrected chi connectivity index (χ2v) is 6.74. The molecule has 1 fully saturated rings. The Balaban J connectivity index is 1.47. The van der Waals surface area contributed by atoms with E-state index in [1.165, 1.54) is 12.1 Å². The maximum Gasteiger partial charge on any atom is 0.222 e. The van der Waals surface area contributed by atoms with Crippen molar-refractivity contribution in [2.45, 2.75) is 38.5 Å². The highest BCUT2D eigenvalue weighted by atomic mass is 19.2. The first-order valence-corrected chi connectivity index (χ1v) is 8.81. The summed E-state index contributed by atoms with van der Waals surface area (Å²) in [6, 6.07) is 4.08. The number of halogens is 2. The van der Waals surface area contributed by atoms with Crippen LogP contribution in [-0.4, -0.2) is 34.1 Å². The summed E-state index contributed by atoms with van der Waals surface area (Å²) in [5, 5.41) is 6.64. The maximum absolute atomic E-state index is 13.3. The van der Waals surface area contributed by atoms with E-state index < -0.39 is 11.6 Å². The Hall–Kier alpha value is -2.24. The van der Waals surface area contributed by atoms with Crippen molar-refractivity contribution in [3.8, 4) is 0 Å². The number of hydrogen-bond donors (Lipinski definition) is 1. The van der Waals surface area contributed by atoms with Gasteiger partial charge in [-0.3, -0.25) is 9.89 Å². The molecule has 1 aliphatic heterocycles. The number of aryl methyl sites for hydroxylation is 2. The van der Waals surface area contributed by atoms with E-state index >= 15 is 0 Å². The van der Waals surface area contributed by atoms with Gasteiger partial charge in [-0.15, -0.1) is 0 Å². The Morgan fingerprint density at radius 1 is 1.24 bits per heavy atom. The highest BCUT2D eigenvalue weighted by Gasteiger charge is 2.23. The number of nitrogens with one attached hydrogen (secondary N) is 1. The summed E-state index contributed by atoms with van der Waals surface area (Å²) < 4.78 is 26.3. The van der Waals surface area contributed by atoms with Crippen molar-refractivity contribution < 1.29 is 13.6 Å². The molecule has 1 aliphatic rings. The third-order valence-electron chi connectivity index (χ3n) is 4.88. The van der Waals surface area contributed by atoms with E-state index in [-0.39, 0.29) is 5.91 Å². The van der Waals surface area contributed by atoms with Crippen LogP contribution in [0.15, 0.2) is 30.6 Å². The standard InChI is InChI=1S/C19H23F2N3O/c20-17-7-5-14(10-18(17)21)3-4-15-2-1-9-24(13-15)19(25)8-6-16-11-22-23-12-16/h5,7,10-12,15H,1-4,6,8-9,13H2,(H,22,23)/t15-/m0/s1. The molecule has 2 aromatic rings. The van der Waals surface area contributed by atoms with Gasteiger partial charge < -0.3 is 4.90 Å². The quantitative estimate of drug-likeness (QED) is 0.869. The van der Waals surface area contributed by atoms with E-state index in [0.717, 1.165) is 43.5 Å². The summed E-state index contributed by atoms with van der Waals surface area (Å²) in [6.45, 7) is 1.57. The van der Waals surface area contributed by atoms with Gasteiger partial charge in [-0.1, -0.05) is 6.07 Å². The second kappa shape index (κ2) is 8.23. The summed E-state index contributed by atoms with van der Waals surface area (Å²) in [6.07, 6.45) is 8.42. The summed E-state index contributed by atoms with van der Waals surface area (Å²) in [5.74, 6) is -1.01. The molecule has 1 atom stereocenters. The van der Waals surface area contributed by atoms with Gasteiger partial charge in [0.1, 0.15) is 0 Å². The van der Waals surface area contributed by atoms with Gasteiger partial charge in [0.2, 0.25) is 5.91 Å². The zero-order chi connectivity index (χ0) is 17.6. The Kier molecular flexibility index (Phi) is 5.79. The SMILES string of the molecule is O=C(CCc1cn[nH]c1)N1CCC[C@@H](CCc2ccc(F)c(F)c2)C1. The van der Waals surface area contributed by atoms with Gasteiger partial charge in [-0.25, -0.2) is 8.78 Å². The van der Waals surface area contributed by atoms with E-state index in [1.54, 1.807) is 12.3 Å². The number of amides is 1. The Morgan fingerprint density at radius 2 is 2.12 bits per heavy atom. The average Bonchev–Trinajstić information content (AvgIpc) is 3.14. The summed E-state index contributed by atoms with van der Waals surface area (Å²) >= 11 is 0. The van der Waals surface area contributed by atoms with E-state index in [4.69, 9.17) is 0 Å². The lowest BCUT2D eigenvalue weighted by atomic mass is 9.91. The number of rotatable bonds is 6. The first-order chi connectivity index (χ1) is 12.1. The first kappa shape index (κ1) is 17.6. The van der Waals surface area contributed by atoms with Gasteiger partial charge in [-0.2, -0.15) is 5.10 Å². The van der Waals surface area contributed by atoms with Crippen LogP contribution in [0.25, 0.3) is 0 Å².